The summed E-state index contributed by atoms with van der Waals surface area (Å²) in [6.45, 7) is 0. The average Bonchev–Trinajstić information content (AvgIpc) is 2.94. The summed E-state index contributed by atoms with van der Waals surface area (Å²) < 4.78 is 6.64. The van der Waals surface area contributed by atoms with E-state index in [0.29, 0.717) is 11.1 Å². The zero-order valence-electron chi connectivity index (χ0n) is 11.8. The van der Waals surface area contributed by atoms with Crippen LogP contribution < -0.4 is 5.56 Å². The molecule has 0 bridgehead atoms. The molecule has 1 N–H and O–H groups in total. The molecule has 0 unspecified atom stereocenters. The van der Waals surface area contributed by atoms with Gasteiger partial charge in [0.1, 0.15) is 5.52 Å². The van der Waals surface area contributed by atoms with E-state index in [1.807, 2.05) is 40.8 Å². The lowest BCUT2D eigenvalue weighted by Crippen LogP contribution is -2.09. The van der Waals surface area contributed by atoms with Gasteiger partial charge in [-0.3, -0.25) is 4.79 Å². The van der Waals surface area contributed by atoms with Crippen molar-refractivity contribution in [1.82, 2.24) is 9.38 Å². The second-order valence-electron chi connectivity index (χ2n) is 5.10. The van der Waals surface area contributed by atoms with Crippen LogP contribution >= 0.6 is 0 Å². The van der Waals surface area contributed by atoms with Crippen LogP contribution in [0.4, 0.5) is 0 Å². The predicted molar refractivity (Wildman–Crippen MR) is 84.4 cm³/mol. The van der Waals surface area contributed by atoms with Crippen molar-refractivity contribution in [3.05, 3.63) is 64.4 Å². The van der Waals surface area contributed by atoms with E-state index in [1.165, 1.54) is 7.11 Å². The SMILES string of the molecule is COC(=O)c1ccc2cc3c(=O)[nH]c4ccccc4n3c2c1. The van der Waals surface area contributed by atoms with Crippen LogP contribution in [0.15, 0.2) is 53.3 Å². The third-order valence-electron chi connectivity index (χ3n) is 3.85. The first kappa shape index (κ1) is 12.6. The van der Waals surface area contributed by atoms with Crippen LogP contribution in [0, 0.1) is 0 Å². The maximum absolute atomic E-state index is 12.3. The normalized spacial score (nSPS) is 11.3. The van der Waals surface area contributed by atoms with Gasteiger partial charge in [-0.25, -0.2) is 4.79 Å². The smallest absolute Gasteiger partial charge is 0.337 e. The van der Waals surface area contributed by atoms with Gasteiger partial charge >= 0.3 is 5.97 Å². The summed E-state index contributed by atoms with van der Waals surface area (Å²) in [5, 5.41) is 0.898. The van der Waals surface area contributed by atoms with Gasteiger partial charge in [-0.15, -0.1) is 0 Å². The van der Waals surface area contributed by atoms with Crippen LogP contribution in [0.25, 0.3) is 27.5 Å². The molecule has 2 aromatic heterocycles. The minimum atomic E-state index is -0.397. The molecule has 0 atom stereocenters. The zero-order valence-corrected chi connectivity index (χ0v) is 11.8. The number of carbonyl (C=O) groups excluding carboxylic acids is 1. The second kappa shape index (κ2) is 4.46. The Bertz CT molecular complexity index is 1110. The molecule has 0 amide bonds. The molecule has 5 heteroatoms. The van der Waals surface area contributed by atoms with Crippen molar-refractivity contribution >= 4 is 33.4 Å². The number of benzene rings is 2. The van der Waals surface area contributed by atoms with E-state index in [9.17, 15) is 9.59 Å². The molecular weight excluding hydrogens is 280 g/mol. The summed E-state index contributed by atoms with van der Waals surface area (Å²) in [4.78, 5) is 26.9. The Balaban J connectivity index is 2.23. The molecule has 0 saturated heterocycles. The van der Waals surface area contributed by atoms with Crippen LogP contribution in [-0.2, 0) is 4.74 Å². The quantitative estimate of drug-likeness (QED) is 0.549. The standard InChI is InChI=1S/C17H12N2O3/c1-22-17(21)11-7-6-10-8-15-16(20)18-12-4-2-3-5-13(12)19(15)14(10)9-11/h2-9H,1H3,(H,18,20). The van der Waals surface area contributed by atoms with Crippen LogP contribution in [0.5, 0.6) is 0 Å². The highest BCUT2D eigenvalue weighted by Crippen LogP contribution is 2.24. The van der Waals surface area contributed by atoms with Crippen molar-refractivity contribution in [1.29, 1.82) is 0 Å². The number of hydrogen-bond acceptors (Lipinski definition) is 3. The van der Waals surface area contributed by atoms with Gasteiger partial charge in [-0.05, 0) is 30.3 Å². The van der Waals surface area contributed by atoms with E-state index in [2.05, 4.69) is 4.98 Å². The molecular formula is C17H12N2O3. The van der Waals surface area contributed by atoms with E-state index in [4.69, 9.17) is 4.74 Å². The lowest BCUT2D eigenvalue weighted by Gasteiger charge is -2.05. The first-order valence-electron chi connectivity index (χ1n) is 6.83. The Morgan fingerprint density at radius 3 is 2.68 bits per heavy atom. The molecule has 0 spiro atoms. The number of nitrogens with one attached hydrogen (secondary N) is 1. The maximum Gasteiger partial charge on any atom is 0.337 e. The van der Waals surface area contributed by atoms with Crippen molar-refractivity contribution in [3.8, 4) is 0 Å². The Morgan fingerprint density at radius 2 is 1.86 bits per heavy atom. The number of hydrogen-bond donors (Lipinski definition) is 1. The fourth-order valence-electron chi connectivity index (χ4n) is 2.83. The van der Waals surface area contributed by atoms with Crippen LogP contribution in [0.1, 0.15) is 10.4 Å². The number of esters is 1. The van der Waals surface area contributed by atoms with Crippen LogP contribution in [-0.4, -0.2) is 22.5 Å². The molecule has 2 aromatic carbocycles. The number of rotatable bonds is 1. The lowest BCUT2D eigenvalue weighted by molar-refractivity contribution is 0.0601. The number of carbonyl (C=O) groups is 1. The summed E-state index contributed by atoms with van der Waals surface area (Å²) in [7, 11) is 1.35. The van der Waals surface area contributed by atoms with E-state index in [-0.39, 0.29) is 5.56 Å². The number of fused-ring (bicyclic) bond motifs is 5. The zero-order chi connectivity index (χ0) is 15.3. The number of para-hydroxylation sites is 2. The summed E-state index contributed by atoms with van der Waals surface area (Å²) in [6, 6.07) is 14.7. The number of aromatic nitrogens is 2. The Kier molecular flexibility index (Phi) is 2.56. The van der Waals surface area contributed by atoms with Crippen LogP contribution in [0.3, 0.4) is 0 Å². The van der Waals surface area contributed by atoms with Crippen molar-refractivity contribution in [2.45, 2.75) is 0 Å². The maximum atomic E-state index is 12.3. The molecule has 0 radical (unpaired) electrons. The predicted octanol–water partition coefficient (Wildman–Crippen LogP) is 2.72. The van der Waals surface area contributed by atoms with E-state index in [1.54, 1.807) is 12.1 Å². The first-order valence-corrected chi connectivity index (χ1v) is 6.83. The molecule has 0 aliphatic rings. The molecule has 22 heavy (non-hydrogen) atoms. The third kappa shape index (κ3) is 1.65. The number of H-pyrrole nitrogens is 1. The van der Waals surface area contributed by atoms with Crippen molar-refractivity contribution < 1.29 is 9.53 Å². The number of nitrogens with zero attached hydrogens (tertiary/aromatic N) is 1. The van der Waals surface area contributed by atoms with Crippen molar-refractivity contribution in [3.63, 3.8) is 0 Å². The highest BCUT2D eigenvalue weighted by molar-refractivity contribution is 5.98. The lowest BCUT2D eigenvalue weighted by atomic mass is 10.1. The van der Waals surface area contributed by atoms with Gasteiger partial charge in [0.15, 0.2) is 0 Å². The average molecular weight is 292 g/mol. The molecule has 4 rings (SSSR count). The molecule has 4 aromatic rings. The van der Waals surface area contributed by atoms with E-state index < -0.39 is 5.97 Å². The molecule has 108 valence electrons. The van der Waals surface area contributed by atoms with Gasteiger partial charge in [-0.1, -0.05) is 18.2 Å². The Morgan fingerprint density at radius 1 is 1.05 bits per heavy atom. The van der Waals surface area contributed by atoms with Crippen molar-refractivity contribution in [2.75, 3.05) is 7.11 Å². The van der Waals surface area contributed by atoms with Gasteiger partial charge in [-0.2, -0.15) is 0 Å². The molecule has 5 nitrogen and oxygen atoms in total. The number of aromatic amines is 1. The van der Waals surface area contributed by atoms with Gasteiger partial charge in [0, 0.05) is 5.39 Å². The summed E-state index contributed by atoms with van der Waals surface area (Å²) in [5.74, 6) is -0.397. The second-order valence-corrected chi connectivity index (χ2v) is 5.10. The van der Waals surface area contributed by atoms with Gasteiger partial charge in [0.2, 0.25) is 0 Å². The topological polar surface area (TPSA) is 63.6 Å². The molecule has 0 saturated carbocycles. The molecule has 0 aliphatic heterocycles. The Hall–Kier alpha value is -3.08. The van der Waals surface area contributed by atoms with Crippen molar-refractivity contribution in [2.24, 2.45) is 0 Å². The van der Waals surface area contributed by atoms with E-state index >= 15 is 0 Å². The fraction of sp³-hybridized carbons (Fsp3) is 0.0588. The molecule has 0 fully saturated rings. The number of methoxy groups -OCH3 is 1. The highest BCUT2D eigenvalue weighted by Gasteiger charge is 2.12. The van der Waals surface area contributed by atoms with E-state index in [0.717, 1.165) is 21.9 Å². The summed E-state index contributed by atoms with van der Waals surface area (Å²) in [5.41, 5.74) is 3.29. The minimum Gasteiger partial charge on any atom is -0.465 e. The minimum absolute atomic E-state index is 0.158. The van der Waals surface area contributed by atoms with Gasteiger partial charge < -0.3 is 14.1 Å². The molecule has 2 heterocycles. The molecule has 0 aliphatic carbocycles. The number of ether oxygens (including phenoxy) is 1. The summed E-state index contributed by atoms with van der Waals surface area (Å²) >= 11 is 0. The monoisotopic (exact) mass is 292 g/mol. The van der Waals surface area contributed by atoms with Gasteiger partial charge in [0.25, 0.3) is 5.56 Å². The highest BCUT2D eigenvalue weighted by atomic mass is 16.5. The van der Waals surface area contributed by atoms with Crippen LogP contribution in [0.2, 0.25) is 0 Å². The summed E-state index contributed by atoms with van der Waals surface area (Å²) in [6.07, 6.45) is 0. The fourth-order valence-corrected chi connectivity index (χ4v) is 2.83. The Labute approximate surface area is 124 Å². The van der Waals surface area contributed by atoms with Gasteiger partial charge in [0.05, 0.1) is 29.2 Å². The third-order valence-corrected chi connectivity index (χ3v) is 3.85. The largest absolute Gasteiger partial charge is 0.465 e. The first-order chi connectivity index (χ1) is 10.7.